The van der Waals surface area contributed by atoms with E-state index in [9.17, 15) is 0 Å². The highest BCUT2D eigenvalue weighted by Gasteiger charge is 2.22. The van der Waals surface area contributed by atoms with E-state index in [0.29, 0.717) is 0 Å². The Labute approximate surface area is 220 Å². The molecule has 1 aliphatic heterocycles. The van der Waals surface area contributed by atoms with Crippen molar-refractivity contribution in [2.24, 2.45) is 0 Å². The summed E-state index contributed by atoms with van der Waals surface area (Å²) in [5.41, 5.74) is 7.80. The molecule has 1 heteroatoms. The van der Waals surface area contributed by atoms with Gasteiger partial charge in [-0.25, -0.2) is 0 Å². The van der Waals surface area contributed by atoms with E-state index in [2.05, 4.69) is 133 Å². The molecule has 1 aliphatic rings. The van der Waals surface area contributed by atoms with Gasteiger partial charge in [0.05, 0.1) is 0 Å². The normalized spacial score (nSPS) is 12.2. The van der Waals surface area contributed by atoms with Gasteiger partial charge >= 0.3 is 0 Å². The number of hydrogen-bond acceptors (Lipinski definition) is 1. The summed E-state index contributed by atoms with van der Waals surface area (Å²) in [4.78, 5) is 2.67. The Morgan fingerprint density at radius 1 is 0.378 bits per heavy atom. The number of fused-ring (bicyclic) bond motifs is 4. The molecule has 172 valence electrons. The van der Waals surface area contributed by atoms with Crippen molar-refractivity contribution in [3.8, 4) is 33.4 Å². The summed E-state index contributed by atoms with van der Waals surface area (Å²) in [6.07, 6.45) is 0. The molecule has 0 nitrogen and oxygen atoms in total. The topological polar surface area (TPSA) is 0 Å². The highest BCUT2D eigenvalue weighted by atomic mass is 32.2. The molecule has 0 spiro atoms. The van der Waals surface area contributed by atoms with Crippen LogP contribution in [0.2, 0.25) is 0 Å². The van der Waals surface area contributed by atoms with Crippen LogP contribution in [0.3, 0.4) is 0 Å². The fourth-order valence-electron chi connectivity index (χ4n) is 6.09. The first-order chi connectivity index (χ1) is 18.4. The first-order valence-corrected chi connectivity index (χ1v) is 13.5. The van der Waals surface area contributed by atoms with Crippen molar-refractivity contribution >= 4 is 44.1 Å². The van der Waals surface area contributed by atoms with E-state index in [4.69, 9.17) is 0 Å². The first kappa shape index (κ1) is 20.8. The van der Waals surface area contributed by atoms with Gasteiger partial charge in [-0.3, -0.25) is 0 Å². The largest absolute Gasteiger partial charge is 0.0888 e. The summed E-state index contributed by atoms with van der Waals surface area (Å²) < 4.78 is 0. The van der Waals surface area contributed by atoms with Crippen LogP contribution in [-0.2, 0) is 0 Å². The highest BCUT2D eigenvalue weighted by Crippen LogP contribution is 2.50. The zero-order valence-electron chi connectivity index (χ0n) is 20.1. The van der Waals surface area contributed by atoms with Crippen LogP contribution in [0.5, 0.6) is 0 Å². The lowest BCUT2D eigenvalue weighted by atomic mass is 9.84. The van der Waals surface area contributed by atoms with E-state index < -0.39 is 0 Å². The molecule has 0 aromatic heterocycles. The Kier molecular flexibility index (Phi) is 4.55. The summed E-state index contributed by atoms with van der Waals surface area (Å²) in [5.74, 6) is 0. The minimum atomic E-state index is 1.26. The van der Waals surface area contributed by atoms with Crippen molar-refractivity contribution in [3.63, 3.8) is 0 Å². The lowest BCUT2D eigenvalue weighted by molar-refractivity contribution is 1.40. The molecule has 0 aliphatic carbocycles. The van der Waals surface area contributed by atoms with Crippen LogP contribution in [0.4, 0.5) is 0 Å². The Hall–Kier alpha value is -4.33. The zero-order valence-corrected chi connectivity index (χ0v) is 20.9. The minimum absolute atomic E-state index is 1.26. The van der Waals surface area contributed by atoms with Crippen molar-refractivity contribution in [1.82, 2.24) is 0 Å². The fourth-order valence-corrected chi connectivity index (χ4v) is 7.24. The summed E-state index contributed by atoms with van der Waals surface area (Å²) in [5, 5.41) is 7.83. The van der Waals surface area contributed by atoms with Crippen LogP contribution >= 0.6 is 11.8 Å². The summed E-state index contributed by atoms with van der Waals surface area (Å²) in [6, 6.07) is 49.0. The second-order valence-corrected chi connectivity index (χ2v) is 10.8. The third-order valence-corrected chi connectivity index (χ3v) is 8.75. The molecule has 1 heterocycles. The SMILES string of the molecule is c1ccc(-c2c3ccccc3c(-c3cc4c5c(cccc5c3)Sc3ccccc3-4)c3ccccc23)cc1. The zero-order chi connectivity index (χ0) is 24.3. The molecule has 7 aromatic rings. The summed E-state index contributed by atoms with van der Waals surface area (Å²) in [6.45, 7) is 0. The van der Waals surface area contributed by atoms with Crippen LogP contribution < -0.4 is 0 Å². The second-order valence-electron chi connectivity index (χ2n) is 9.68. The van der Waals surface area contributed by atoms with E-state index in [0.717, 1.165) is 0 Å². The molecule has 37 heavy (non-hydrogen) atoms. The number of benzene rings is 7. The van der Waals surface area contributed by atoms with Crippen LogP contribution in [0, 0.1) is 0 Å². The smallest absolute Gasteiger partial charge is 0.0207 e. The molecule has 0 fully saturated rings. The lowest BCUT2D eigenvalue weighted by Gasteiger charge is -2.23. The molecule has 7 aromatic carbocycles. The van der Waals surface area contributed by atoms with E-state index in [1.165, 1.54) is 75.5 Å². The maximum Gasteiger partial charge on any atom is 0.0207 e. The molecule has 0 amide bonds. The van der Waals surface area contributed by atoms with E-state index in [1.54, 1.807) is 0 Å². The van der Waals surface area contributed by atoms with E-state index in [-0.39, 0.29) is 0 Å². The Bertz CT molecular complexity index is 1940. The molecular formula is C36H22S. The Morgan fingerprint density at radius 3 is 1.65 bits per heavy atom. The highest BCUT2D eigenvalue weighted by molar-refractivity contribution is 7.99. The van der Waals surface area contributed by atoms with Gasteiger partial charge in [-0.05, 0) is 84.6 Å². The van der Waals surface area contributed by atoms with Crippen molar-refractivity contribution in [3.05, 3.63) is 133 Å². The average Bonchev–Trinajstić information content (AvgIpc) is 2.96. The summed E-state index contributed by atoms with van der Waals surface area (Å²) in [7, 11) is 0. The van der Waals surface area contributed by atoms with Gasteiger partial charge in [0, 0.05) is 15.2 Å². The first-order valence-electron chi connectivity index (χ1n) is 12.7. The van der Waals surface area contributed by atoms with Crippen molar-refractivity contribution in [2.75, 3.05) is 0 Å². The Morgan fingerprint density at radius 2 is 0.946 bits per heavy atom. The van der Waals surface area contributed by atoms with Crippen molar-refractivity contribution < 1.29 is 0 Å². The quantitative estimate of drug-likeness (QED) is 0.219. The molecule has 0 radical (unpaired) electrons. The van der Waals surface area contributed by atoms with Crippen LogP contribution in [0.25, 0.3) is 65.7 Å². The molecule has 8 rings (SSSR count). The fraction of sp³-hybridized carbons (Fsp3) is 0. The predicted octanol–water partition coefficient (Wildman–Crippen LogP) is 10.6. The van der Waals surface area contributed by atoms with Gasteiger partial charge < -0.3 is 0 Å². The molecule has 0 bridgehead atoms. The lowest BCUT2D eigenvalue weighted by Crippen LogP contribution is -1.95. The van der Waals surface area contributed by atoms with Crippen molar-refractivity contribution in [2.45, 2.75) is 9.79 Å². The van der Waals surface area contributed by atoms with E-state index >= 15 is 0 Å². The predicted molar refractivity (Wildman–Crippen MR) is 159 cm³/mol. The molecule has 0 saturated heterocycles. The molecule has 0 atom stereocenters. The van der Waals surface area contributed by atoms with Gasteiger partial charge in [0.1, 0.15) is 0 Å². The molecule has 0 saturated carbocycles. The summed E-state index contributed by atoms with van der Waals surface area (Å²) >= 11 is 1.88. The number of hydrogen-bond donors (Lipinski definition) is 0. The standard InChI is InChI=1S/C36H22S/c1-2-11-23(12-3-1)34-27-15-4-6-17-29(27)35(30-18-7-5-16-28(30)34)25-21-24-13-10-20-33-36(24)31(22-25)26-14-8-9-19-32(26)37-33/h1-22H. The number of rotatable bonds is 2. The molecule has 0 unspecified atom stereocenters. The molecular weight excluding hydrogens is 464 g/mol. The average molecular weight is 487 g/mol. The molecule has 0 N–H and O–H groups in total. The van der Waals surface area contributed by atoms with E-state index in [1.807, 2.05) is 11.8 Å². The van der Waals surface area contributed by atoms with Gasteiger partial charge in [0.2, 0.25) is 0 Å². The van der Waals surface area contributed by atoms with Crippen LogP contribution in [0.15, 0.2) is 143 Å². The van der Waals surface area contributed by atoms with Crippen molar-refractivity contribution in [1.29, 1.82) is 0 Å². The third-order valence-electron chi connectivity index (χ3n) is 7.62. The van der Waals surface area contributed by atoms with Gasteiger partial charge in [0.15, 0.2) is 0 Å². The van der Waals surface area contributed by atoms with Gasteiger partial charge in [-0.15, -0.1) is 0 Å². The van der Waals surface area contributed by atoms with Gasteiger partial charge in [-0.1, -0.05) is 121 Å². The Balaban J connectivity index is 1.53. The van der Waals surface area contributed by atoms with Gasteiger partial charge in [0.25, 0.3) is 0 Å². The maximum atomic E-state index is 2.43. The third kappa shape index (κ3) is 3.11. The van der Waals surface area contributed by atoms with Gasteiger partial charge in [-0.2, -0.15) is 0 Å². The monoisotopic (exact) mass is 486 g/mol. The van der Waals surface area contributed by atoms with Crippen LogP contribution in [-0.4, -0.2) is 0 Å². The maximum absolute atomic E-state index is 2.43. The minimum Gasteiger partial charge on any atom is -0.0888 e. The van der Waals surface area contributed by atoms with Crippen LogP contribution in [0.1, 0.15) is 0 Å². The second kappa shape index (κ2) is 8.09.